The van der Waals surface area contributed by atoms with Crippen molar-refractivity contribution in [2.45, 2.75) is 39.5 Å². The van der Waals surface area contributed by atoms with Gasteiger partial charge in [-0.25, -0.2) is 0 Å². The van der Waals surface area contributed by atoms with Gasteiger partial charge in [0.2, 0.25) is 0 Å². The number of nitrogens with one attached hydrogen (secondary N) is 1. The number of carbonyl (C=O) groups excluding carboxylic acids is 1. The van der Waals surface area contributed by atoms with Crippen molar-refractivity contribution in [3.8, 4) is 11.5 Å². The van der Waals surface area contributed by atoms with E-state index in [2.05, 4.69) is 19.2 Å². The van der Waals surface area contributed by atoms with Gasteiger partial charge in [0.05, 0.1) is 12.2 Å². The fraction of sp³-hybridized carbons (Fsp3) is 0.320. The zero-order valence-corrected chi connectivity index (χ0v) is 17.2. The fourth-order valence-corrected chi connectivity index (χ4v) is 3.38. The monoisotopic (exact) mass is 391 g/mol. The lowest BCUT2D eigenvalue weighted by molar-refractivity contribution is 0.102. The fourth-order valence-electron chi connectivity index (χ4n) is 3.38. The number of amides is 1. The zero-order valence-electron chi connectivity index (χ0n) is 17.2. The van der Waals surface area contributed by atoms with Crippen molar-refractivity contribution in [1.29, 1.82) is 0 Å². The molecule has 0 aliphatic carbocycles. The lowest BCUT2D eigenvalue weighted by Crippen LogP contribution is -2.13. The minimum Gasteiger partial charge on any atom is -0.507 e. The Morgan fingerprint density at radius 3 is 2.52 bits per heavy atom. The summed E-state index contributed by atoms with van der Waals surface area (Å²) in [6.07, 6.45) is 4.68. The molecule has 0 aliphatic heterocycles. The van der Waals surface area contributed by atoms with Crippen molar-refractivity contribution < 1.29 is 14.6 Å². The molecule has 0 bridgehead atoms. The Bertz CT molecular complexity index is 967. The third-order valence-corrected chi connectivity index (χ3v) is 5.23. The molecule has 0 aromatic heterocycles. The van der Waals surface area contributed by atoms with Crippen LogP contribution < -0.4 is 10.1 Å². The maximum atomic E-state index is 12.7. The van der Waals surface area contributed by atoms with Gasteiger partial charge in [-0.2, -0.15) is 0 Å². The summed E-state index contributed by atoms with van der Waals surface area (Å²) in [5.74, 6) is 0.901. The Kier molecular flexibility index (Phi) is 7.12. The molecule has 0 radical (unpaired) electrons. The predicted molar refractivity (Wildman–Crippen MR) is 119 cm³/mol. The third-order valence-electron chi connectivity index (χ3n) is 5.23. The van der Waals surface area contributed by atoms with E-state index in [1.165, 1.54) is 19.3 Å². The molecule has 0 spiro atoms. The summed E-state index contributed by atoms with van der Waals surface area (Å²) in [5, 5.41) is 14.9. The maximum Gasteiger partial charge on any atom is 0.259 e. The van der Waals surface area contributed by atoms with E-state index in [4.69, 9.17) is 4.74 Å². The summed E-state index contributed by atoms with van der Waals surface area (Å²) in [5.41, 5.74) is 0.891. The van der Waals surface area contributed by atoms with Gasteiger partial charge in [-0.05, 0) is 47.4 Å². The van der Waals surface area contributed by atoms with Crippen molar-refractivity contribution in [3.63, 3.8) is 0 Å². The van der Waals surface area contributed by atoms with Crippen LogP contribution in [0.5, 0.6) is 11.5 Å². The van der Waals surface area contributed by atoms with Gasteiger partial charge in [-0.3, -0.25) is 4.79 Å². The largest absolute Gasteiger partial charge is 0.507 e. The highest BCUT2D eigenvalue weighted by atomic mass is 16.5. The number of fused-ring (bicyclic) bond motifs is 1. The number of unbranched alkanes of at least 4 members (excludes halogenated alkanes) is 1. The van der Waals surface area contributed by atoms with E-state index < -0.39 is 0 Å². The molecule has 0 saturated carbocycles. The van der Waals surface area contributed by atoms with Crippen LogP contribution in [0.2, 0.25) is 0 Å². The van der Waals surface area contributed by atoms with Crippen LogP contribution in [0.25, 0.3) is 10.8 Å². The average molecular weight is 392 g/mol. The number of hydrogen-bond acceptors (Lipinski definition) is 3. The highest BCUT2D eigenvalue weighted by Crippen LogP contribution is 2.26. The van der Waals surface area contributed by atoms with Gasteiger partial charge in [-0.1, -0.05) is 63.4 Å². The van der Waals surface area contributed by atoms with Crippen LogP contribution in [0.15, 0.2) is 60.7 Å². The van der Waals surface area contributed by atoms with Gasteiger partial charge >= 0.3 is 0 Å². The topological polar surface area (TPSA) is 58.6 Å². The number of rotatable bonds is 9. The lowest BCUT2D eigenvalue weighted by atomic mass is 10.0. The quantitative estimate of drug-likeness (QED) is 0.444. The predicted octanol–water partition coefficient (Wildman–Crippen LogP) is 6.39. The summed E-state index contributed by atoms with van der Waals surface area (Å²) < 4.78 is 5.96. The van der Waals surface area contributed by atoms with E-state index in [0.29, 0.717) is 18.2 Å². The molecular formula is C25H29NO3. The Morgan fingerprint density at radius 2 is 1.79 bits per heavy atom. The van der Waals surface area contributed by atoms with Crippen molar-refractivity contribution in [1.82, 2.24) is 0 Å². The second-order valence-electron chi connectivity index (χ2n) is 7.43. The Labute approximate surface area is 172 Å². The van der Waals surface area contributed by atoms with E-state index in [0.717, 1.165) is 22.9 Å². The Hall–Kier alpha value is -3.01. The molecule has 4 heteroatoms. The third kappa shape index (κ3) is 5.50. The second kappa shape index (κ2) is 9.97. The second-order valence-corrected chi connectivity index (χ2v) is 7.43. The van der Waals surface area contributed by atoms with Gasteiger partial charge < -0.3 is 15.2 Å². The number of carbonyl (C=O) groups is 1. The SMILES string of the molecule is CCCCC(CC)COc1cccc(NC(=O)c2cc3ccccc3cc2O)c1. The molecule has 1 amide bonds. The molecule has 0 aliphatic rings. The summed E-state index contributed by atoms with van der Waals surface area (Å²) in [4.78, 5) is 12.7. The molecule has 29 heavy (non-hydrogen) atoms. The smallest absolute Gasteiger partial charge is 0.259 e. The molecule has 3 aromatic rings. The molecule has 3 rings (SSSR count). The molecule has 0 saturated heterocycles. The number of phenolic OH excluding ortho intramolecular Hbond substituents is 1. The van der Waals surface area contributed by atoms with Crippen LogP contribution >= 0.6 is 0 Å². The van der Waals surface area contributed by atoms with Crippen molar-refractivity contribution >= 4 is 22.4 Å². The highest BCUT2D eigenvalue weighted by Gasteiger charge is 2.13. The maximum absolute atomic E-state index is 12.7. The molecule has 3 aromatic carbocycles. The molecule has 1 atom stereocenters. The van der Waals surface area contributed by atoms with Gasteiger partial charge in [-0.15, -0.1) is 0 Å². The average Bonchev–Trinajstić information content (AvgIpc) is 2.73. The van der Waals surface area contributed by atoms with E-state index in [1.54, 1.807) is 12.1 Å². The molecule has 0 heterocycles. The van der Waals surface area contributed by atoms with Crippen LogP contribution in [0.1, 0.15) is 49.9 Å². The first-order valence-corrected chi connectivity index (χ1v) is 10.4. The van der Waals surface area contributed by atoms with Crippen LogP contribution in [0, 0.1) is 5.92 Å². The van der Waals surface area contributed by atoms with Crippen LogP contribution in [0.3, 0.4) is 0 Å². The van der Waals surface area contributed by atoms with Gasteiger partial charge in [0.15, 0.2) is 0 Å². The summed E-state index contributed by atoms with van der Waals surface area (Å²) in [7, 11) is 0. The highest BCUT2D eigenvalue weighted by molar-refractivity contribution is 6.08. The molecule has 2 N–H and O–H groups in total. The molecule has 4 nitrogen and oxygen atoms in total. The summed E-state index contributed by atoms with van der Waals surface area (Å²) in [6.45, 7) is 5.07. The van der Waals surface area contributed by atoms with Gasteiger partial charge in [0, 0.05) is 11.8 Å². The molecule has 152 valence electrons. The summed E-state index contributed by atoms with van der Waals surface area (Å²) in [6, 6.07) is 18.4. The number of anilines is 1. The first-order chi connectivity index (χ1) is 14.1. The van der Waals surface area contributed by atoms with E-state index in [-0.39, 0.29) is 17.2 Å². The molecule has 0 fully saturated rings. The van der Waals surface area contributed by atoms with Crippen LogP contribution in [-0.2, 0) is 0 Å². The summed E-state index contributed by atoms with van der Waals surface area (Å²) >= 11 is 0. The number of ether oxygens (including phenoxy) is 1. The Morgan fingerprint density at radius 1 is 1.03 bits per heavy atom. The van der Waals surface area contributed by atoms with Crippen molar-refractivity contribution in [2.75, 3.05) is 11.9 Å². The minimum absolute atomic E-state index is 0.0321. The van der Waals surface area contributed by atoms with Gasteiger partial charge in [0.1, 0.15) is 11.5 Å². The number of hydrogen-bond donors (Lipinski definition) is 2. The molecule has 1 unspecified atom stereocenters. The van der Waals surface area contributed by atoms with E-state index in [9.17, 15) is 9.90 Å². The number of benzene rings is 3. The van der Waals surface area contributed by atoms with Crippen molar-refractivity contribution in [3.05, 3.63) is 66.2 Å². The first-order valence-electron chi connectivity index (χ1n) is 10.4. The lowest BCUT2D eigenvalue weighted by Gasteiger charge is -2.16. The van der Waals surface area contributed by atoms with E-state index >= 15 is 0 Å². The standard InChI is InChI=1S/C25H29NO3/c1-3-5-9-18(4-2)17-29-22-13-8-12-21(16-22)26-25(28)23-14-19-10-6-7-11-20(19)15-24(23)27/h6-8,10-16,18,27H,3-5,9,17H2,1-2H3,(H,26,28). The van der Waals surface area contributed by atoms with Crippen molar-refractivity contribution in [2.24, 2.45) is 5.92 Å². The zero-order chi connectivity index (χ0) is 20.6. The van der Waals surface area contributed by atoms with Crippen LogP contribution in [0.4, 0.5) is 5.69 Å². The Balaban J connectivity index is 1.68. The minimum atomic E-state index is -0.347. The number of aromatic hydroxyl groups is 1. The number of phenols is 1. The van der Waals surface area contributed by atoms with Crippen LogP contribution in [-0.4, -0.2) is 17.6 Å². The normalized spacial score (nSPS) is 11.9. The van der Waals surface area contributed by atoms with E-state index in [1.807, 2.05) is 48.5 Å². The first kappa shape index (κ1) is 20.7. The molecular weight excluding hydrogens is 362 g/mol. The van der Waals surface area contributed by atoms with Gasteiger partial charge in [0.25, 0.3) is 5.91 Å².